The first-order chi connectivity index (χ1) is 13.4. The topological polar surface area (TPSA) is 102 Å². The molecule has 29 heavy (non-hydrogen) atoms. The molecule has 2 aromatic rings. The second-order valence-corrected chi connectivity index (χ2v) is 9.52. The number of ether oxygens (including phenoxy) is 2. The molecular formula is C21H25NO6S. The molecule has 1 atom stereocenters. The molecular weight excluding hydrogens is 394 g/mol. The molecule has 2 N–H and O–H groups in total. The maximum atomic E-state index is 12.8. The highest BCUT2D eigenvalue weighted by Crippen LogP contribution is 2.43. The third kappa shape index (κ3) is 4.32. The largest absolute Gasteiger partial charge is 0.507 e. The fourth-order valence-corrected chi connectivity index (χ4v) is 3.99. The molecule has 0 aromatic heterocycles. The standard InChI is InChI=1S/C21H25NO6S/c1-12-13(2)20-18(14(3)19(12)24)17(23)10-21(4,28-20)11-27-16-8-6-15(7-9-16)22-29(5,25)26/h6-9,22,24H,10-11H2,1-5H3. The summed E-state index contributed by atoms with van der Waals surface area (Å²) in [5, 5.41) is 10.3. The van der Waals surface area contributed by atoms with Gasteiger partial charge in [-0.3, -0.25) is 9.52 Å². The van der Waals surface area contributed by atoms with E-state index in [0.717, 1.165) is 11.8 Å². The first-order valence-electron chi connectivity index (χ1n) is 9.16. The minimum absolute atomic E-state index is 0.0963. The summed E-state index contributed by atoms with van der Waals surface area (Å²) < 4.78 is 37.0. The van der Waals surface area contributed by atoms with Crippen molar-refractivity contribution in [2.45, 2.75) is 39.7 Å². The zero-order chi connectivity index (χ0) is 21.6. The number of nitrogens with one attached hydrogen (secondary N) is 1. The molecule has 0 spiro atoms. The van der Waals surface area contributed by atoms with Crippen molar-refractivity contribution in [1.82, 2.24) is 0 Å². The van der Waals surface area contributed by atoms with Gasteiger partial charge >= 0.3 is 0 Å². The Bertz CT molecular complexity index is 1080. The smallest absolute Gasteiger partial charge is 0.229 e. The van der Waals surface area contributed by atoms with Crippen LogP contribution in [0.15, 0.2) is 24.3 Å². The lowest BCUT2D eigenvalue weighted by molar-refractivity contribution is 0.0182. The van der Waals surface area contributed by atoms with E-state index in [1.807, 2.05) is 13.8 Å². The summed E-state index contributed by atoms with van der Waals surface area (Å²) in [6.45, 7) is 7.27. The van der Waals surface area contributed by atoms with Gasteiger partial charge in [0.1, 0.15) is 29.5 Å². The Morgan fingerprint density at radius 3 is 2.34 bits per heavy atom. The van der Waals surface area contributed by atoms with Gasteiger partial charge in [-0.2, -0.15) is 0 Å². The summed E-state index contributed by atoms with van der Waals surface area (Å²) in [5.41, 5.74) is 1.95. The number of carbonyl (C=O) groups excluding carboxylic acids is 1. The third-order valence-corrected chi connectivity index (χ3v) is 5.69. The van der Waals surface area contributed by atoms with Crippen LogP contribution in [-0.4, -0.2) is 37.8 Å². The van der Waals surface area contributed by atoms with Crippen LogP contribution in [0.2, 0.25) is 0 Å². The summed E-state index contributed by atoms with van der Waals surface area (Å²) in [6.07, 6.45) is 1.20. The molecule has 1 aliphatic heterocycles. The van der Waals surface area contributed by atoms with Gasteiger partial charge in [0, 0.05) is 11.3 Å². The van der Waals surface area contributed by atoms with E-state index < -0.39 is 15.6 Å². The second kappa shape index (κ2) is 7.26. The van der Waals surface area contributed by atoms with Crippen LogP contribution in [-0.2, 0) is 10.0 Å². The maximum Gasteiger partial charge on any atom is 0.229 e. The van der Waals surface area contributed by atoms with Gasteiger partial charge in [-0.05, 0) is 63.1 Å². The molecule has 0 saturated heterocycles. The van der Waals surface area contributed by atoms with E-state index in [-0.39, 0.29) is 24.6 Å². The van der Waals surface area contributed by atoms with Gasteiger partial charge in [-0.25, -0.2) is 8.42 Å². The van der Waals surface area contributed by atoms with Crippen molar-refractivity contribution in [3.8, 4) is 17.2 Å². The summed E-state index contributed by atoms with van der Waals surface area (Å²) in [4.78, 5) is 12.8. The number of rotatable bonds is 5. The van der Waals surface area contributed by atoms with Crippen LogP contribution in [0.5, 0.6) is 17.2 Å². The van der Waals surface area contributed by atoms with E-state index in [9.17, 15) is 18.3 Å². The molecule has 1 aliphatic rings. The Kier molecular flexibility index (Phi) is 5.25. The van der Waals surface area contributed by atoms with Gasteiger partial charge in [-0.1, -0.05) is 0 Å². The predicted octanol–water partition coefficient (Wildman–Crippen LogP) is 3.49. The number of Topliss-reactive ketones (excluding diaryl/α,β-unsaturated/α-hetero) is 1. The number of fused-ring (bicyclic) bond motifs is 1. The number of ketones is 1. The number of benzene rings is 2. The summed E-state index contributed by atoms with van der Waals surface area (Å²) in [7, 11) is -3.34. The molecule has 0 bridgehead atoms. The molecule has 8 heteroatoms. The average molecular weight is 419 g/mol. The average Bonchev–Trinajstić information content (AvgIpc) is 2.62. The normalized spacial score (nSPS) is 18.7. The number of hydrogen-bond acceptors (Lipinski definition) is 6. The predicted molar refractivity (Wildman–Crippen MR) is 111 cm³/mol. The molecule has 3 rings (SSSR count). The van der Waals surface area contributed by atoms with Crippen molar-refractivity contribution in [3.05, 3.63) is 46.5 Å². The minimum atomic E-state index is -3.34. The number of carbonyl (C=O) groups is 1. The second-order valence-electron chi connectivity index (χ2n) is 7.77. The number of phenols is 1. The van der Waals surface area contributed by atoms with Crippen molar-refractivity contribution >= 4 is 21.5 Å². The number of sulfonamides is 1. The first kappa shape index (κ1) is 21.0. The van der Waals surface area contributed by atoms with Gasteiger partial charge in [0.2, 0.25) is 10.0 Å². The molecule has 156 valence electrons. The molecule has 7 nitrogen and oxygen atoms in total. The van der Waals surface area contributed by atoms with Crippen molar-refractivity contribution in [2.75, 3.05) is 17.6 Å². The quantitative estimate of drug-likeness (QED) is 0.769. The first-order valence-corrected chi connectivity index (χ1v) is 11.0. The number of phenolic OH excluding ortho intramolecular Hbond substituents is 1. The van der Waals surface area contributed by atoms with Crippen LogP contribution >= 0.6 is 0 Å². The van der Waals surface area contributed by atoms with E-state index >= 15 is 0 Å². The van der Waals surface area contributed by atoms with Gasteiger partial charge in [0.05, 0.1) is 18.2 Å². The molecule has 2 aromatic carbocycles. The Hall–Kier alpha value is -2.74. The molecule has 0 fully saturated rings. The monoisotopic (exact) mass is 419 g/mol. The van der Waals surface area contributed by atoms with E-state index in [1.54, 1.807) is 38.1 Å². The summed E-state index contributed by atoms with van der Waals surface area (Å²) in [5.74, 6) is 1.05. The molecule has 1 unspecified atom stereocenters. The Morgan fingerprint density at radius 1 is 1.14 bits per heavy atom. The van der Waals surface area contributed by atoms with Crippen LogP contribution in [0.1, 0.15) is 40.4 Å². The lowest BCUT2D eigenvalue weighted by atomic mass is 9.86. The number of aromatic hydroxyl groups is 1. The highest BCUT2D eigenvalue weighted by Gasteiger charge is 2.40. The van der Waals surface area contributed by atoms with Crippen molar-refractivity contribution in [1.29, 1.82) is 0 Å². The number of anilines is 1. The Labute approximate surface area is 170 Å². The highest BCUT2D eigenvalue weighted by atomic mass is 32.2. The zero-order valence-electron chi connectivity index (χ0n) is 17.1. The summed E-state index contributed by atoms with van der Waals surface area (Å²) in [6, 6.07) is 6.49. The van der Waals surface area contributed by atoms with E-state index in [4.69, 9.17) is 9.47 Å². The van der Waals surface area contributed by atoms with Crippen LogP contribution in [0.25, 0.3) is 0 Å². The molecule has 0 saturated carbocycles. The van der Waals surface area contributed by atoms with Gasteiger partial charge in [0.25, 0.3) is 0 Å². The van der Waals surface area contributed by atoms with Crippen LogP contribution < -0.4 is 14.2 Å². The van der Waals surface area contributed by atoms with Crippen LogP contribution in [0, 0.1) is 20.8 Å². The number of hydrogen-bond donors (Lipinski definition) is 2. The van der Waals surface area contributed by atoms with Crippen molar-refractivity contribution in [3.63, 3.8) is 0 Å². The Morgan fingerprint density at radius 2 is 1.76 bits per heavy atom. The minimum Gasteiger partial charge on any atom is -0.507 e. The van der Waals surface area contributed by atoms with E-state index in [1.165, 1.54) is 0 Å². The molecule has 0 radical (unpaired) electrons. The highest BCUT2D eigenvalue weighted by molar-refractivity contribution is 7.92. The van der Waals surface area contributed by atoms with Crippen LogP contribution in [0.3, 0.4) is 0 Å². The molecule has 0 aliphatic carbocycles. The van der Waals surface area contributed by atoms with Crippen molar-refractivity contribution in [2.24, 2.45) is 0 Å². The van der Waals surface area contributed by atoms with E-state index in [0.29, 0.717) is 33.9 Å². The lowest BCUT2D eigenvalue weighted by Crippen LogP contribution is -2.44. The zero-order valence-corrected chi connectivity index (χ0v) is 17.9. The van der Waals surface area contributed by atoms with E-state index in [2.05, 4.69) is 4.72 Å². The van der Waals surface area contributed by atoms with Gasteiger partial charge in [-0.15, -0.1) is 0 Å². The molecule has 1 heterocycles. The van der Waals surface area contributed by atoms with Gasteiger partial charge in [0.15, 0.2) is 5.78 Å². The van der Waals surface area contributed by atoms with Crippen LogP contribution in [0.4, 0.5) is 5.69 Å². The third-order valence-electron chi connectivity index (χ3n) is 5.08. The summed E-state index contributed by atoms with van der Waals surface area (Å²) >= 11 is 0. The Balaban J connectivity index is 1.79. The lowest BCUT2D eigenvalue weighted by Gasteiger charge is -2.36. The SMILES string of the molecule is Cc1c(C)c2c(c(C)c1O)C(=O)CC(C)(COc1ccc(NS(C)(=O)=O)cc1)O2. The fraction of sp³-hybridized carbons (Fsp3) is 0.381. The maximum absolute atomic E-state index is 12.8. The van der Waals surface area contributed by atoms with Gasteiger partial charge < -0.3 is 14.6 Å². The fourth-order valence-electron chi connectivity index (χ4n) is 3.43. The molecule has 0 amide bonds. The van der Waals surface area contributed by atoms with Crippen molar-refractivity contribution < 1.29 is 27.8 Å².